The fourth-order valence-corrected chi connectivity index (χ4v) is 3.86. The van der Waals surface area contributed by atoms with Crippen LogP contribution in [0.25, 0.3) is 11.0 Å². The van der Waals surface area contributed by atoms with Gasteiger partial charge in [0.05, 0.1) is 24.2 Å². The average Bonchev–Trinajstić information content (AvgIpc) is 3.16. The van der Waals surface area contributed by atoms with Gasteiger partial charge in [-0.05, 0) is 62.1 Å². The minimum atomic E-state index is -0.0756. The Hall–Kier alpha value is -3.60. The van der Waals surface area contributed by atoms with E-state index in [0.717, 1.165) is 53.1 Å². The van der Waals surface area contributed by atoms with E-state index in [1.54, 1.807) is 0 Å². The van der Waals surface area contributed by atoms with Crippen molar-refractivity contribution in [1.82, 2.24) is 14.9 Å². The van der Waals surface area contributed by atoms with E-state index in [0.29, 0.717) is 18.7 Å². The number of hydrogen-bond donors (Lipinski definition) is 1. The molecule has 32 heavy (non-hydrogen) atoms. The van der Waals surface area contributed by atoms with Crippen molar-refractivity contribution in [2.24, 2.45) is 0 Å². The topological polar surface area (TPSA) is 56.1 Å². The SMILES string of the molecule is Cc1ccccc1OCCCCn1c(CNC(=O)c2ccccc2C)nc2ccccc21. The number of hydrogen-bond acceptors (Lipinski definition) is 3. The van der Waals surface area contributed by atoms with Gasteiger partial charge >= 0.3 is 0 Å². The summed E-state index contributed by atoms with van der Waals surface area (Å²) in [6, 6.07) is 23.8. The number of benzene rings is 3. The number of nitrogens with zero attached hydrogens (tertiary/aromatic N) is 2. The lowest BCUT2D eigenvalue weighted by atomic mass is 10.1. The highest BCUT2D eigenvalue weighted by atomic mass is 16.5. The number of carbonyl (C=O) groups excluding carboxylic acids is 1. The number of aryl methyl sites for hydroxylation is 3. The standard InChI is InChI=1S/C27H29N3O2/c1-20-11-3-5-13-22(20)27(31)28-19-26-29-23-14-6-7-15-24(23)30(26)17-9-10-18-32-25-16-8-4-12-21(25)2/h3-8,11-16H,9-10,17-19H2,1-2H3,(H,28,31). The van der Waals surface area contributed by atoms with Crippen LogP contribution in [0.15, 0.2) is 72.8 Å². The molecular formula is C27H29N3O2. The summed E-state index contributed by atoms with van der Waals surface area (Å²) in [5.74, 6) is 1.74. The van der Waals surface area contributed by atoms with Crippen molar-refractivity contribution in [3.8, 4) is 5.75 Å². The Morgan fingerprint density at radius 3 is 2.44 bits per heavy atom. The molecule has 0 saturated carbocycles. The van der Waals surface area contributed by atoms with E-state index in [2.05, 4.69) is 28.9 Å². The largest absolute Gasteiger partial charge is 0.493 e. The predicted octanol–water partition coefficient (Wildman–Crippen LogP) is 5.44. The number of rotatable bonds is 9. The monoisotopic (exact) mass is 427 g/mol. The Balaban J connectivity index is 1.39. The third-order valence-electron chi connectivity index (χ3n) is 5.66. The van der Waals surface area contributed by atoms with Gasteiger partial charge in [0.25, 0.3) is 5.91 Å². The lowest BCUT2D eigenvalue weighted by molar-refractivity contribution is 0.0949. The smallest absolute Gasteiger partial charge is 0.251 e. The molecule has 0 aliphatic carbocycles. The first-order chi connectivity index (χ1) is 15.6. The molecule has 164 valence electrons. The molecule has 0 fully saturated rings. The maximum absolute atomic E-state index is 12.7. The van der Waals surface area contributed by atoms with Crippen LogP contribution >= 0.6 is 0 Å². The number of aromatic nitrogens is 2. The Morgan fingerprint density at radius 2 is 1.62 bits per heavy atom. The number of amides is 1. The van der Waals surface area contributed by atoms with Gasteiger partial charge in [0.2, 0.25) is 0 Å². The van der Waals surface area contributed by atoms with Gasteiger partial charge in [-0.25, -0.2) is 4.98 Å². The quantitative estimate of drug-likeness (QED) is 0.362. The van der Waals surface area contributed by atoms with Crippen molar-refractivity contribution in [1.29, 1.82) is 0 Å². The van der Waals surface area contributed by atoms with Crippen LogP contribution < -0.4 is 10.1 Å². The molecule has 0 aliphatic heterocycles. The second kappa shape index (κ2) is 10.1. The van der Waals surface area contributed by atoms with Crippen LogP contribution in [0.1, 0.15) is 40.2 Å². The summed E-state index contributed by atoms with van der Waals surface area (Å²) in [5.41, 5.74) is 4.85. The van der Waals surface area contributed by atoms with Crippen LogP contribution in [0.3, 0.4) is 0 Å². The van der Waals surface area contributed by atoms with Gasteiger partial charge < -0.3 is 14.6 Å². The molecule has 1 N–H and O–H groups in total. The summed E-state index contributed by atoms with van der Waals surface area (Å²) in [5, 5.41) is 3.04. The van der Waals surface area contributed by atoms with Gasteiger partial charge in [0, 0.05) is 12.1 Å². The summed E-state index contributed by atoms with van der Waals surface area (Å²) >= 11 is 0. The summed E-state index contributed by atoms with van der Waals surface area (Å²) in [6.07, 6.45) is 1.90. The van der Waals surface area contributed by atoms with E-state index < -0.39 is 0 Å². The average molecular weight is 428 g/mol. The molecule has 4 rings (SSSR count). The highest BCUT2D eigenvalue weighted by Gasteiger charge is 2.13. The van der Waals surface area contributed by atoms with Crippen molar-refractivity contribution in [2.75, 3.05) is 6.61 Å². The van der Waals surface area contributed by atoms with E-state index in [1.807, 2.05) is 67.6 Å². The first-order valence-corrected chi connectivity index (χ1v) is 11.1. The molecule has 3 aromatic carbocycles. The van der Waals surface area contributed by atoms with Crippen molar-refractivity contribution in [2.45, 2.75) is 39.8 Å². The van der Waals surface area contributed by atoms with Gasteiger partial charge in [0.15, 0.2) is 0 Å². The Kier molecular flexibility index (Phi) is 6.85. The molecule has 0 atom stereocenters. The van der Waals surface area contributed by atoms with Crippen molar-refractivity contribution in [3.05, 3.63) is 95.3 Å². The van der Waals surface area contributed by atoms with Crippen LogP contribution in [0, 0.1) is 13.8 Å². The third-order valence-corrected chi connectivity index (χ3v) is 5.66. The van der Waals surface area contributed by atoms with Crippen LogP contribution in [-0.4, -0.2) is 22.1 Å². The normalized spacial score (nSPS) is 10.9. The second-order valence-corrected chi connectivity index (χ2v) is 7.99. The minimum absolute atomic E-state index is 0.0756. The predicted molar refractivity (Wildman–Crippen MR) is 128 cm³/mol. The van der Waals surface area contributed by atoms with Crippen LogP contribution in [0.5, 0.6) is 5.75 Å². The van der Waals surface area contributed by atoms with Crippen LogP contribution in [0.4, 0.5) is 0 Å². The molecule has 5 nitrogen and oxygen atoms in total. The molecule has 0 saturated heterocycles. The molecule has 0 spiro atoms. The third kappa shape index (κ3) is 4.99. The summed E-state index contributed by atoms with van der Waals surface area (Å²) < 4.78 is 8.14. The highest BCUT2D eigenvalue weighted by molar-refractivity contribution is 5.95. The number of unbranched alkanes of at least 4 members (excludes halogenated alkanes) is 1. The Morgan fingerprint density at radius 1 is 0.906 bits per heavy atom. The van der Waals surface area contributed by atoms with E-state index in [4.69, 9.17) is 9.72 Å². The Bertz CT molecular complexity index is 1210. The number of fused-ring (bicyclic) bond motifs is 1. The maximum Gasteiger partial charge on any atom is 0.251 e. The van der Waals surface area contributed by atoms with E-state index >= 15 is 0 Å². The Labute approximate surface area is 189 Å². The van der Waals surface area contributed by atoms with E-state index in [9.17, 15) is 4.79 Å². The molecule has 0 unspecified atom stereocenters. The first kappa shape index (κ1) is 21.6. The summed E-state index contributed by atoms with van der Waals surface area (Å²) in [6.45, 7) is 5.90. The lowest BCUT2D eigenvalue weighted by Gasteiger charge is -2.12. The van der Waals surface area contributed by atoms with Crippen LogP contribution in [-0.2, 0) is 13.1 Å². The fraction of sp³-hybridized carbons (Fsp3) is 0.259. The number of carbonyl (C=O) groups is 1. The molecule has 5 heteroatoms. The van der Waals surface area contributed by atoms with E-state index in [1.165, 1.54) is 0 Å². The number of ether oxygens (including phenoxy) is 1. The molecule has 4 aromatic rings. The van der Waals surface area contributed by atoms with Crippen LogP contribution in [0.2, 0.25) is 0 Å². The van der Waals surface area contributed by atoms with Gasteiger partial charge in [-0.2, -0.15) is 0 Å². The van der Waals surface area contributed by atoms with Crippen molar-refractivity contribution < 1.29 is 9.53 Å². The van der Waals surface area contributed by atoms with E-state index in [-0.39, 0.29) is 5.91 Å². The van der Waals surface area contributed by atoms with Crippen molar-refractivity contribution >= 4 is 16.9 Å². The maximum atomic E-state index is 12.7. The molecule has 0 bridgehead atoms. The van der Waals surface area contributed by atoms with Gasteiger partial charge in [-0.3, -0.25) is 4.79 Å². The molecule has 0 radical (unpaired) electrons. The zero-order chi connectivity index (χ0) is 22.3. The second-order valence-electron chi connectivity index (χ2n) is 7.99. The number of imidazole rings is 1. The van der Waals surface area contributed by atoms with Gasteiger partial charge in [-0.15, -0.1) is 0 Å². The number of para-hydroxylation sites is 3. The van der Waals surface area contributed by atoms with Gasteiger partial charge in [0.1, 0.15) is 11.6 Å². The van der Waals surface area contributed by atoms with Crippen molar-refractivity contribution in [3.63, 3.8) is 0 Å². The summed E-state index contributed by atoms with van der Waals surface area (Å²) in [7, 11) is 0. The van der Waals surface area contributed by atoms with Gasteiger partial charge in [-0.1, -0.05) is 48.5 Å². The molecule has 1 amide bonds. The fourth-order valence-electron chi connectivity index (χ4n) is 3.86. The first-order valence-electron chi connectivity index (χ1n) is 11.1. The molecule has 1 aromatic heterocycles. The minimum Gasteiger partial charge on any atom is -0.493 e. The molecule has 0 aliphatic rings. The molecule has 1 heterocycles. The molecular weight excluding hydrogens is 398 g/mol. The zero-order valence-corrected chi connectivity index (χ0v) is 18.7. The zero-order valence-electron chi connectivity index (χ0n) is 18.7. The lowest BCUT2D eigenvalue weighted by Crippen LogP contribution is -2.25. The highest BCUT2D eigenvalue weighted by Crippen LogP contribution is 2.19. The number of nitrogens with one attached hydrogen (secondary N) is 1. The summed E-state index contributed by atoms with van der Waals surface area (Å²) in [4.78, 5) is 17.4.